The maximum absolute atomic E-state index is 8.66. The fourth-order valence-corrected chi connectivity index (χ4v) is 0.436. The lowest BCUT2D eigenvalue weighted by Crippen LogP contribution is -2.48. The zero-order valence-electron chi connectivity index (χ0n) is 6.13. The smallest absolute Gasteiger partial charge is 0.119 e. The van der Waals surface area contributed by atoms with E-state index in [1.807, 2.05) is 0 Å². The van der Waals surface area contributed by atoms with Gasteiger partial charge < -0.3 is 0 Å². The van der Waals surface area contributed by atoms with Crippen LogP contribution in [0.3, 0.4) is 0 Å². The van der Waals surface area contributed by atoms with Crippen molar-refractivity contribution in [2.24, 2.45) is 0 Å². The molecule has 1 heterocycles. The minimum absolute atomic E-state index is 0.0938. The Morgan fingerprint density at radius 1 is 1.36 bits per heavy atom. The van der Waals surface area contributed by atoms with E-state index in [0.29, 0.717) is 11.9 Å². The summed E-state index contributed by atoms with van der Waals surface area (Å²) >= 11 is 0. The third-order valence-corrected chi connectivity index (χ3v) is 0.862. The summed E-state index contributed by atoms with van der Waals surface area (Å²) < 4.78 is 0. The van der Waals surface area contributed by atoms with E-state index in [2.05, 4.69) is 19.7 Å². The van der Waals surface area contributed by atoms with Gasteiger partial charge in [-0.3, -0.25) is 10.0 Å². The van der Waals surface area contributed by atoms with Crippen LogP contribution in [0.1, 0.15) is 6.92 Å². The van der Waals surface area contributed by atoms with Gasteiger partial charge in [0.2, 0.25) is 0 Å². The van der Waals surface area contributed by atoms with Gasteiger partial charge in [0.25, 0.3) is 0 Å². The molecule has 0 amide bonds. The zero-order chi connectivity index (χ0) is 8.27. The molecule has 0 spiro atoms. The van der Waals surface area contributed by atoms with Crippen molar-refractivity contribution in [3.63, 3.8) is 0 Å². The van der Waals surface area contributed by atoms with Gasteiger partial charge in [-0.2, -0.15) is 0 Å². The van der Waals surface area contributed by atoms with Crippen LogP contribution in [0.2, 0.25) is 0 Å². The van der Waals surface area contributed by atoms with Crippen LogP contribution in [0.4, 0.5) is 0 Å². The lowest BCUT2D eigenvalue weighted by Gasteiger charge is -2.30. The molecule has 1 rings (SSSR count). The van der Waals surface area contributed by atoms with Crippen LogP contribution in [0.25, 0.3) is 0 Å². The summed E-state index contributed by atoms with van der Waals surface area (Å²) in [6.45, 7) is 2.13. The third-order valence-electron chi connectivity index (χ3n) is 0.862. The molecule has 66 valence electrons. The summed E-state index contributed by atoms with van der Waals surface area (Å²) in [7, 11) is 1.30. The molecule has 0 aromatic rings. The highest BCUT2D eigenvalue weighted by Gasteiger charge is 2.26. The monoisotopic (exact) mass is 167 g/mol. The molecular weight excluding hydrogens is 158 g/mol. The van der Waals surface area contributed by atoms with Crippen LogP contribution in [0, 0.1) is 0 Å². The van der Waals surface area contributed by atoms with Crippen molar-refractivity contribution in [2.45, 2.75) is 6.92 Å². The SMILES string of the molecule is CCN1ON(O)ON(OC)O1. The van der Waals surface area contributed by atoms with Gasteiger partial charge >= 0.3 is 0 Å². The average Bonchev–Trinajstić information content (AvgIpc) is 2.03. The summed E-state index contributed by atoms with van der Waals surface area (Å²) in [5.74, 6) is 0. The Morgan fingerprint density at radius 3 is 2.64 bits per heavy atom. The Morgan fingerprint density at radius 2 is 2.09 bits per heavy atom. The molecule has 1 aliphatic rings. The number of hydrogen-bond donors (Lipinski definition) is 1. The molecule has 8 heteroatoms. The molecule has 0 saturated carbocycles. The first-order chi connectivity index (χ1) is 5.26. The van der Waals surface area contributed by atoms with Crippen molar-refractivity contribution < 1.29 is 24.9 Å². The van der Waals surface area contributed by atoms with Crippen molar-refractivity contribution in [1.82, 2.24) is 16.0 Å². The molecule has 11 heavy (non-hydrogen) atoms. The molecule has 0 aromatic heterocycles. The van der Waals surface area contributed by atoms with E-state index in [9.17, 15) is 0 Å². The highest BCUT2D eigenvalue weighted by molar-refractivity contribution is 4.11. The second-order valence-electron chi connectivity index (χ2n) is 1.54. The maximum Gasteiger partial charge on any atom is 0.119 e. The van der Waals surface area contributed by atoms with Crippen LogP contribution in [-0.2, 0) is 19.7 Å². The van der Waals surface area contributed by atoms with E-state index in [-0.39, 0.29) is 5.39 Å². The molecule has 0 aliphatic carbocycles. The molecule has 0 radical (unpaired) electrons. The van der Waals surface area contributed by atoms with Crippen molar-refractivity contribution in [3.05, 3.63) is 0 Å². The lowest BCUT2D eigenvalue weighted by atomic mass is 10.8. The standard InChI is InChI=1S/C3H9N3O5/c1-3-4-9-5(7)11-6(8-2)10-4/h7H,3H2,1-2H3. The first-order valence-electron chi connectivity index (χ1n) is 2.91. The van der Waals surface area contributed by atoms with E-state index in [1.54, 1.807) is 6.92 Å². The van der Waals surface area contributed by atoms with Gasteiger partial charge in [0.1, 0.15) is 10.8 Å². The summed E-state index contributed by atoms with van der Waals surface area (Å²) in [4.78, 5) is 17.8. The fraction of sp³-hybridized carbons (Fsp3) is 1.00. The Kier molecular flexibility index (Phi) is 3.11. The average molecular weight is 167 g/mol. The molecule has 0 unspecified atom stereocenters. The van der Waals surface area contributed by atoms with Gasteiger partial charge in [-0.25, -0.2) is 0 Å². The van der Waals surface area contributed by atoms with Crippen LogP contribution in [0.5, 0.6) is 0 Å². The summed E-state index contributed by atoms with van der Waals surface area (Å²) in [5, 5.41) is 10.3. The second kappa shape index (κ2) is 3.90. The first-order valence-corrected chi connectivity index (χ1v) is 2.91. The normalized spacial score (nSPS) is 24.3. The van der Waals surface area contributed by atoms with Crippen LogP contribution >= 0.6 is 0 Å². The van der Waals surface area contributed by atoms with E-state index >= 15 is 0 Å². The van der Waals surface area contributed by atoms with E-state index in [1.165, 1.54) is 7.11 Å². The van der Waals surface area contributed by atoms with Gasteiger partial charge in [0, 0.05) is 0 Å². The molecular formula is C3H9N3O5. The molecule has 1 saturated heterocycles. The predicted molar refractivity (Wildman–Crippen MR) is 28.1 cm³/mol. The molecule has 1 N–H and O–H groups in total. The summed E-state index contributed by atoms with van der Waals surface area (Å²) in [5.41, 5.74) is 0. The van der Waals surface area contributed by atoms with Gasteiger partial charge in [-0.1, -0.05) is 4.94 Å². The third kappa shape index (κ3) is 2.32. The highest BCUT2D eigenvalue weighted by Crippen LogP contribution is 2.08. The minimum atomic E-state index is 0.0938. The van der Waals surface area contributed by atoms with Crippen molar-refractivity contribution in [2.75, 3.05) is 13.7 Å². The second-order valence-corrected chi connectivity index (χ2v) is 1.54. The minimum Gasteiger partial charge on any atom is -0.263 e. The van der Waals surface area contributed by atoms with Crippen LogP contribution in [0.15, 0.2) is 0 Å². The van der Waals surface area contributed by atoms with Crippen LogP contribution < -0.4 is 0 Å². The maximum atomic E-state index is 8.66. The summed E-state index contributed by atoms with van der Waals surface area (Å²) in [6, 6.07) is 0. The Hall–Kier alpha value is -0.320. The first kappa shape index (κ1) is 8.77. The molecule has 1 aliphatic heterocycles. The summed E-state index contributed by atoms with van der Waals surface area (Å²) in [6.07, 6.45) is 0. The van der Waals surface area contributed by atoms with Gasteiger partial charge in [0.05, 0.1) is 13.7 Å². The number of hydrogen-bond acceptors (Lipinski definition) is 8. The van der Waals surface area contributed by atoms with Crippen molar-refractivity contribution in [3.8, 4) is 0 Å². The topological polar surface area (TPSA) is 66.9 Å². The zero-order valence-corrected chi connectivity index (χ0v) is 6.13. The van der Waals surface area contributed by atoms with E-state index in [0.717, 1.165) is 5.23 Å². The molecule has 8 nitrogen and oxygen atoms in total. The fourth-order valence-electron chi connectivity index (χ4n) is 0.436. The van der Waals surface area contributed by atoms with Crippen molar-refractivity contribution >= 4 is 0 Å². The molecule has 1 fully saturated rings. The van der Waals surface area contributed by atoms with Gasteiger partial charge in [-0.05, 0) is 12.2 Å². The molecule has 0 aromatic carbocycles. The largest absolute Gasteiger partial charge is 0.263 e. The lowest BCUT2D eigenvalue weighted by molar-refractivity contribution is -0.803. The Labute approximate surface area is 62.6 Å². The van der Waals surface area contributed by atoms with E-state index in [4.69, 9.17) is 5.21 Å². The van der Waals surface area contributed by atoms with Crippen LogP contribution in [-0.4, -0.2) is 34.9 Å². The quantitative estimate of drug-likeness (QED) is 0.585. The predicted octanol–water partition coefficient (Wildman–Crippen LogP) is -0.584. The highest BCUT2D eigenvalue weighted by atomic mass is 17.4. The Bertz CT molecular complexity index is 112. The number of rotatable bonds is 2. The van der Waals surface area contributed by atoms with Crippen molar-refractivity contribution in [1.29, 1.82) is 0 Å². The molecule has 0 bridgehead atoms. The van der Waals surface area contributed by atoms with Gasteiger partial charge in [-0.15, -0.1) is 9.88 Å². The van der Waals surface area contributed by atoms with E-state index < -0.39 is 0 Å². The Balaban J connectivity index is 2.37. The number of hydroxylamine groups is 2. The van der Waals surface area contributed by atoms with Gasteiger partial charge in [0.15, 0.2) is 0 Å². The molecule has 0 atom stereocenters. The number of nitrogens with zero attached hydrogens (tertiary/aromatic N) is 3.